The molecule has 1 aromatic heterocycles. The van der Waals surface area contributed by atoms with Crippen molar-refractivity contribution < 1.29 is 19.4 Å². The molecule has 4 N–H and O–H groups in total. The Labute approximate surface area is 106 Å². The maximum absolute atomic E-state index is 9.78. The van der Waals surface area contributed by atoms with Crippen molar-refractivity contribution in [2.24, 2.45) is 0 Å². The molecule has 3 rings (SSSR count). The Balaban J connectivity index is 2.78. The van der Waals surface area contributed by atoms with Gasteiger partial charge in [-0.05, 0) is 18.2 Å². The molecule has 6 nitrogen and oxygen atoms in total. The fourth-order valence-corrected chi connectivity index (χ4v) is 2.25. The zero-order chi connectivity index (χ0) is 13.7. The molecule has 0 saturated heterocycles. The van der Waals surface area contributed by atoms with E-state index in [1.165, 1.54) is 25.3 Å². The van der Waals surface area contributed by atoms with Gasteiger partial charge in [-0.2, -0.15) is 0 Å². The quantitative estimate of drug-likeness (QED) is 0.528. The third-order valence-electron chi connectivity index (χ3n) is 3.12. The lowest BCUT2D eigenvalue weighted by Crippen LogP contribution is -2.15. The maximum Gasteiger partial charge on any atom is 0.293 e. The standard InChI is InChI=1S/C13H10N2O4/c1-18-8-4-6-9-5(12(16)19-13(6)17)2-3-7(14)10(9)11(8)15/h2-4,14-17H,1H3. The Hall–Kier alpha value is -2.76. The van der Waals surface area contributed by atoms with Gasteiger partial charge in [0.15, 0.2) is 0 Å². The number of methoxy groups -OCH3 is 1. The third-order valence-corrected chi connectivity index (χ3v) is 3.12. The van der Waals surface area contributed by atoms with E-state index in [1.807, 2.05) is 0 Å². The third kappa shape index (κ3) is 1.36. The summed E-state index contributed by atoms with van der Waals surface area (Å²) in [5, 5.41) is 36.9. The fraction of sp³-hybridized carbons (Fsp3) is 0.0769. The molecule has 0 bridgehead atoms. The van der Waals surface area contributed by atoms with E-state index in [2.05, 4.69) is 0 Å². The molecular formula is C13H10N2O4. The Morgan fingerprint density at radius 2 is 1.74 bits per heavy atom. The van der Waals surface area contributed by atoms with Crippen LogP contribution in [0.15, 0.2) is 22.6 Å². The number of hydrogen-bond acceptors (Lipinski definition) is 6. The van der Waals surface area contributed by atoms with Crippen molar-refractivity contribution >= 4 is 21.5 Å². The van der Waals surface area contributed by atoms with E-state index in [9.17, 15) is 10.2 Å². The summed E-state index contributed by atoms with van der Waals surface area (Å²) in [5.41, 5.74) is 0. The van der Waals surface area contributed by atoms with Gasteiger partial charge in [-0.1, -0.05) is 0 Å². The minimum absolute atomic E-state index is 0.0376. The first-order chi connectivity index (χ1) is 9.04. The molecule has 0 fully saturated rings. The van der Waals surface area contributed by atoms with Crippen molar-refractivity contribution in [2.45, 2.75) is 0 Å². The second kappa shape index (κ2) is 3.61. The maximum atomic E-state index is 9.78. The van der Waals surface area contributed by atoms with Crippen LogP contribution in [-0.4, -0.2) is 17.3 Å². The van der Waals surface area contributed by atoms with E-state index in [0.29, 0.717) is 21.5 Å². The zero-order valence-electron chi connectivity index (χ0n) is 9.94. The van der Waals surface area contributed by atoms with E-state index < -0.39 is 11.9 Å². The molecule has 0 radical (unpaired) electrons. The van der Waals surface area contributed by atoms with E-state index in [4.69, 9.17) is 20.0 Å². The highest BCUT2D eigenvalue weighted by Gasteiger charge is 2.17. The zero-order valence-corrected chi connectivity index (χ0v) is 9.94. The van der Waals surface area contributed by atoms with Gasteiger partial charge in [0.25, 0.3) is 11.9 Å². The van der Waals surface area contributed by atoms with Crippen LogP contribution >= 0.6 is 0 Å². The molecule has 3 aromatic rings. The van der Waals surface area contributed by atoms with Crippen LogP contribution in [0.5, 0.6) is 17.6 Å². The van der Waals surface area contributed by atoms with Crippen LogP contribution < -0.4 is 15.5 Å². The van der Waals surface area contributed by atoms with Gasteiger partial charge in [0.1, 0.15) is 11.1 Å². The SMILES string of the molecule is COc1cc2c(O)oc(O)c3ccc(=N)c(c1=N)c32. The highest BCUT2D eigenvalue weighted by Crippen LogP contribution is 2.37. The van der Waals surface area contributed by atoms with Crippen molar-refractivity contribution in [1.29, 1.82) is 10.8 Å². The summed E-state index contributed by atoms with van der Waals surface area (Å²) < 4.78 is 9.92. The van der Waals surface area contributed by atoms with E-state index in [-0.39, 0.29) is 16.5 Å². The average Bonchev–Trinajstić information content (AvgIpc) is 2.37. The molecule has 0 spiro atoms. The molecule has 0 aliphatic carbocycles. The van der Waals surface area contributed by atoms with Crippen molar-refractivity contribution in [3.05, 3.63) is 28.9 Å². The molecule has 0 atom stereocenters. The van der Waals surface area contributed by atoms with Gasteiger partial charge in [-0.25, -0.2) is 0 Å². The van der Waals surface area contributed by atoms with Crippen LogP contribution in [0, 0.1) is 10.8 Å². The van der Waals surface area contributed by atoms with E-state index in [1.54, 1.807) is 0 Å². The Morgan fingerprint density at radius 1 is 1.05 bits per heavy atom. The number of rotatable bonds is 1. The van der Waals surface area contributed by atoms with Gasteiger partial charge >= 0.3 is 0 Å². The van der Waals surface area contributed by atoms with Crippen LogP contribution in [0.1, 0.15) is 0 Å². The lowest BCUT2D eigenvalue weighted by atomic mass is 10.0. The van der Waals surface area contributed by atoms with Gasteiger partial charge < -0.3 is 24.8 Å². The molecule has 6 heteroatoms. The lowest BCUT2D eigenvalue weighted by Gasteiger charge is -2.10. The van der Waals surface area contributed by atoms with Gasteiger partial charge in [-0.3, -0.25) is 5.41 Å². The average molecular weight is 258 g/mol. The van der Waals surface area contributed by atoms with Gasteiger partial charge in [0.05, 0.1) is 23.2 Å². The number of benzene rings is 2. The van der Waals surface area contributed by atoms with Crippen LogP contribution in [0.3, 0.4) is 0 Å². The normalized spacial score (nSPS) is 11.2. The summed E-state index contributed by atoms with van der Waals surface area (Å²) >= 11 is 0. The van der Waals surface area contributed by atoms with Crippen molar-refractivity contribution in [1.82, 2.24) is 0 Å². The predicted molar refractivity (Wildman–Crippen MR) is 66.5 cm³/mol. The summed E-state index contributed by atoms with van der Waals surface area (Å²) in [7, 11) is 1.41. The van der Waals surface area contributed by atoms with Crippen LogP contribution in [0.2, 0.25) is 0 Å². The predicted octanol–water partition coefficient (Wildman–Crippen LogP) is 1.40. The Morgan fingerprint density at radius 3 is 2.42 bits per heavy atom. The Kier molecular flexibility index (Phi) is 2.16. The van der Waals surface area contributed by atoms with Crippen LogP contribution in [0.25, 0.3) is 21.5 Å². The Bertz CT molecular complexity index is 914. The lowest BCUT2D eigenvalue weighted by molar-refractivity contribution is 0.262. The van der Waals surface area contributed by atoms with Crippen molar-refractivity contribution in [3.63, 3.8) is 0 Å². The molecule has 96 valence electrons. The second-order valence-electron chi connectivity index (χ2n) is 4.12. The molecule has 1 heterocycles. The second-order valence-corrected chi connectivity index (χ2v) is 4.12. The smallest absolute Gasteiger partial charge is 0.293 e. The summed E-state index contributed by atoms with van der Waals surface area (Å²) in [5.74, 6) is -0.692. The summed E-state index contributed by atoms with van der Waals surface area (Å²) in [6, 6.07) is 4.43. The molecule has 2 aromatic carbocycles. The first-order valence-electron chi connectivity index (χ1n) is 5.46. The fourth-order valence-electron chi connectivity index (χ4n) is 2.25. The summed E-state index contributed by atoms with van der Waals surface area (Å²) in [4.78, 5) is 0. The first-order valence-corrected chi connectivity index (χ1v) is 5.46. The van der Waals surface area contributed by atoms with Crippen LogP contribution in [-0.2, 0) is 0 Å². The topological polar surface area (TPSA) is 111 Å². The van der Waals surface area contributed by atoms with Crippen molar-refractivity contribution in [3.8, 4) is 17.6 Å². The van der Waals surface area contributed by atoms with Gasteiger partial charge in [-0.15, -0.1) is 0 Å². The molecule has 0 saturated carbocycles. The van der Waals surface area contributed by atoms with Crippen LogP contribution in [0.4, 0.5) is 0 Å². The number of nitrogens with one attached hydrogen (secondary N) is 2. The summed E-state index contributed by atoms with van der Waals surface area (Å²) in [6.07, 6.45) is 0. The van der Waals surface area contributed by atoms with Gasteiger partial charge in [0, 0.05) is 10.8 Å². The number of ether oxygens (including phenoxy) is 1. The highest BCUT2D eigenvalue weighted by atomic mass is 16.5. The van der Waals surface area contributed by atoms with Crippen molar-refractivity contribution in [2.75, 3.05) is 7.11 Å². The molecule has 0 aliphatic rings. The highest BCUT2D eigenvalue weighted by molar-refractivity contribution is 6.12. The molecule has 0 aliphatic heterocycles. The molecule has 19 heavy (non-hydrogen) atoms. The molecular weight excluding hydrogens is 248 g/mol. The summed E-state index contributed by atoms with van der Waals surface area (Å²) in [6.45, 7) is 0. The van der Waals surface area contributed by atoms with E-state index >= 15 is 0 Å². The molecule has 0 unspecified atom stereocenters. The minimum atomic E-state index is -0.473. The van der Waals surface area contributed by atoms with Gasteiger partial charge in [0.2, 0.25) is 0 Å². The number of hydrogen-bond donors (Lipinski definition) is 4. The van der Waals surface area contributed by atoms with E-state index in [0.717, 1.165) is 0 Å². The number of aromatic hydroxyl groups is 2. The minimum Gasteiger partial charge on any atom is -0.494 e. The first kappa shape index (κ1) is 11.3. The largest absolute Gasteiger partial charge is 0.494 e. The monoisotopic (exact) mass is 258 g/mol. The molecule has 0 amide bonds.